The van der Waals surface area contributed by atoms with Gasteiger partial charge in [-0.25, -0.2) is 4.98 Å². The van der Waals surface area contributed by atoms with Crippen molar-refractivity contribution in [1.82, 2.24) is 10.3 Å². The van der Waals surface area contributed by atoms with Crippen LogP contribution < -0.4 is 19.5 Å². The first-order valence-corrected chi connectivity index (χ1v) is 6.71. The number of hydrogen-bond donors (Lipinski definition) is 1. The van der Waals surface area contributed by atoms with Gasteiger partial charge in [0.05, 0.1) is 19.8 Å². The Morgan fingerprint density at radius 1 is 1.05 bits per heavy atom. The zero-order valence-corrected chi connectivity index (χ0v) is 12.6. The van der Waals surface area contributed by atoms with Crippen LogP contribution in [0.3, 0.4) is 0 Å². The van der Waals surface area contributed by atoms with E-state index in [4.69, 9.17) is 14.2 Å². The summed E-state index contributed by atoms with van der Waals surface area (Å²) in [7, 11) is 5.13. The molecule has 21 heavy (non-hydrogen) atoms. The van der Waals surface area contributed by atoms with E-state index in [0.29, 0.717) is 24.8 Å². The summed E-state index contributed by atoms with van der Waals surface area (Å²) in [6.45, 7) is 1.07. The minimum atomic E-state index is 0.369. The van der Waals surface area contributed by atoms with Crippen molar-refractivity contribution in [3.8, 4) is 17.4 Å². The average Bonchev–Trinajstić information content (AvgIpc) is 2.54. The number of aromatic nitrogens is 1. The van der Waals surface area contributed by atoms with E-state index in [1.807, 2.05) is 37.4 Å². The number of methoxy groups -OCH3 is 2. The van der Waals surface area contributed by atoms with E-state index in [9.17, 15) is 0 Å². The first-order chi connectivity index (χ1) is 10.3. The zero-order chi connectivity index (χ0) is 15.1. The minimum Gasteiger partial charge on any atom is -0.493 e. The summed E-state index contributed by atoms with van der Waals surface area (Å²) >= 11 is 0. The van der Waals surface area contributed by atoms with E-state index in [1.165, 1.54) is 0 Å². The van der Waals surface area contributed by atoms with Gasteiger partial charge in [0.25, 0.3) is 0 Å². The lowest BCUT2D eigenvalue weighted by Crippen LogP contribution is -2.09. The van der Waals surface area contributed by atoms with Gasteiger partial charge in [0.2, 0.25) is 5.88 Å². The summed E-state index contributed by atoms with van der Waals surface area (Å²) in [5.74, 6) is 2.02. The summed E-state index contributed by atoms with van der Waals surface area (Å²) in [6, 6.07) is 9.63. The van der Waals surface area contributed by atoms with Crippen molar-refractivity contribution in [2.45, 2.75) is 13.2 Å². The third-order valence-electron chi connectivity index (χ3n) is 3.06. The van der Waals surface area contributed by atoms with Gasteiger partial charge in [-0.05, 0) is 25.2 Å². The van der Waals surface area contributed by atoms with Gasteiger partial charge < -0.3 is 19.5 Å². The molecule has 1 heterocycles. The van der Waals surface area contributed by atoms with Crippen LogP contribution in [0.4, 0.5) is 0 Å². The minimum absolute atomic E-state index is 0.369. The Bertz CT molecular complexity index is 587. The molecule has 0 unspecified atom stereocenters. The molecule has 0 saturated heterocycles. The predicted molar refractivity (Wildman–Crippen MR) is 80.9 cm³/mol. The highest BCUT2D eigenvalue weighted by atomic mass is 16.5. The SMILES string of the molecule is CNCc1cccc(OC)c1OCc1cccnc1OC. The van der Waals surface area contributed by atoms with Crippen LogP contribution in [0.15, 0.2) is 36.5 Å². The Balaban J connectivity index is 2.22. The lowest BCUT2D eigenvalue weighted by atomic mass is 10.2. The molecule has 1 N–H and O–H groups in total. The number of rotatable bonds is 7. The molecule has 2 rings (SSSR count). The molecule has 5 heteroatoms. The molecule has 1 aromatic carbocycles. The van der Waals surface area contributed by atoms with Gasteiger partial charge >= 0.3 is 0 Å². The number of benzene rings is 1. The number of nitrogens with one attached hydrogen (secondary N) is 1. The van der Waals surface area contributed by atoms with E-state index in [1.54, 1.807) is 20.4 Å². The first-order valence-electron chi connectivity index (χ1n) is 6.71. The van der Waals surface area contributed by atoms with Gasteiger partial charge in [-0.3, -0.25) is 0 Å². The smallest absolute Gasteiger partial charge is 0.219 e. The summed E-state index contributed by atoms with van der Waals surface area (Å²) in [4.78, 5) is 4.16. The molecule has 0 radical (unpaired) electrons. The Morgan fingerprint density at radius 3 is 2.57 bits per heavy atom. The van der Waals surface area contributed by atoms with E-state index in [0.717, 1.165) is 16.9 Å². The molecule has 0 spiro atoms. The summed E-state index contributed by atoms with van der Waals surface area (Å²) in [6.07, 6.45) is 1.69. The molecule has 0 aliphatic heterocycles. The van der Waals surface area contributed by atoms with Crippen molar-refractivity contribution in [2.24, 2.45) is 0 Å². The molecule has 0 saturated carbocycles. The fraction of sp³-hybridized carbons (Fsp3) is 0.312. The molecule has 0 atom stereocenters. The molecule has 0 fully saturated rings. The maximum absolute atomic E-state index is 5.96. The maximum atomic E-state index is 5.96. The van der Waals surface area contributed by atoms with Crippen molar-refractivity contribution >= 4 is 0 Å². The molecule has 0 aliphatic rings. The van der Waals surface area contributed by atoms with Crippen LogP contribution in [-0.4, -0.2) is 26.3 Å². The number of nitrogens with zero attached hydrogens (tertiary/aromatic N) is 1. The highest BCUT2D eigenvalue weighted by Gasteiger charge is 2.12. The molecule has 1 aromatic heterocycles. The Labute approximate surface area is 124 Å². The summed E-state index contributed by atoms with van der Waals surface area (Å²) < 4.78 is 16.6. The van der Waals surface area contributed by atoms with Crippen molar-refractivity contribution in [3.63, 3.8) is 0 Å². The fourth-order valence-corrected chi connectivity index (χ4v) is 2.08. The third-order valence-corrected chi connectivity index (χ3v) is 3.06. The van der Waals surface area contributed by atoms with Crippen molar-refractivity contribution in [3.05, 3.63) is 47.7 Å². The molecular formula is C16H20N2O3. The monoisotopic (exact) mass is 288 g/mol. The van der Waals surface area contributed by atoms with Gasteiger partial charge in [-0.15, -0.1) is 0 Å². The predicted octanol–water partition coefficient (Wildman–Crippen LogP) is 2.40. The van der Waals surface area contributed by atoms with E-state index in [2.05, 4.69) is 10.3 Å². The molecule has 5 nitrogen and oxygen atoms in total. The highest BCUT2D eigenvalue weighted by molar-refractivity contribution is 5.46. The molecule has 112 valence electrons. The first kappa shape index (κ1) is 15.1. The Morgan fingerprint density at radius 2 is 1.86 bits per heavy atom. The average molecular weight is 288 g/mol. The summed E-state index contributed by atoms with van der Waals surface area (Å²) in [5, 5.41) is 3.12. The summed E-state index contributed by atoms with van der Waals surface area (Å²) in [5.41, 5.74) is 1.93. The van der Waals surface area contributed by atoms with Gasteiger partial charge in [-0.1, -0.05) is 12.1 Å². The molecule has 0 amide bonds. The second kappa shape index (κ2) is 7.50. The largest absolute Gasteiger partial charge is 0.493 e. The maximum Gasteiger partial charge on any atom is 0.219 e. The molecule has 0 aliphatic carbocycles. The lowest BCUT2D eigenvalue weighted by Gasteiger charge is -2.15. The van der Waals surface area contributed by atoms with Crippen molar-refractivity contribution in [1.29, 1.82) is 0 Å². The van der Waals surface area contributed by atoms with Crippen LogP contribution in [0.1, 0.15) is 11.1 Å². The number of para-hydroxylation sites is 1. The van der Waals surface area contributed by atoms with E-state index in [-0.39, 0.29) is 0 Å². The van der Waals surface area contributed by atoms with Crippen LogP contribution >= 0.6 is 0 Å². The Kier molecular flexibility index (Phi) is 5.40. The van der Waals surface area contributed by atoms with Crippen LogP contribution in [-0.2, 0) is 13.2 Å². The standard InChI is InChI=1S/C16H20N2O3/c1-17-10-12-6-4-8-14(19-2)15(12)21-11-13-7-5-9-18-16(13)20-3/h4-9,17H,10-11H2,1-3H3. The third kappa shape index (κ3) is 3.64. The van der Waals surface area contributed by atoms with E-state index >= 15 is 0 Å². The number of hydrogen-bond acceptors (Lipinski definition) is 5. The van der Waals surface area contributed by atoms with Gasteiger partial charge in [0.1, 0.15) is 6.61 Å². The highest BCUT2D eigenvalue weighted by Crippen LogP contribution is 2.32. The fourth-order valence-electron chi connectivity index (χ4n) is 2.08. The van der Waals surface area contributed by atoms with Gasteiger partial charge in [0.15, 0.2) is 11.5 Å². The normalized spacial score (nSPS) is 10.2. The lowest BCUT2D eigenvalue weighted by molar-refractivity contribution is 0.273. The van der Waals surface area contributed by atoms with Crippen molar-refractivity contribution < 1.29 is 14.2 Å². The second-order valence-electron chi connectivity index (χ2n) is 4.44. The molecule has 0 bridgehead atoms. The van der Waals surface area contributed by atoms with Crippen LogP contribution in [0.2, 0.25) is 0 Å². The number of ether oxygens (including phenoxy) is 3. The molecule has 2 aromatic rings. The topological polar surface area (TPSA) is 52.6 Å². The van der Waals surface area contributed by atoms with Crippen LogP contribution in [0.5, 0.6) is 17.4 Å². The Hall–Kier alpha value is -2.27. The van der Waals surface area contributed by atoms with Gasteiger partial charge in [0, 0.05) is 18.3 Å². The van der Waals surface area contributed by atoms with E-state index < -0.39 is 0 Å². The van der Waals surface area contributed by atoms with Gasteiger partial charge in [-0.2, -0.15) is 0 Å². The van der Waals surface area contributed by atoms with Crippen LogP contribution in [0.25, 0.3) is 0 Å². The van der Waals surface area contributed by atoms with Crippen LogP contribution in [0, 0.1) is 0 Å². The number of pyridine rings is 1. The van der Waals surface area contributed by atoms with Crippen molar-refractivity contribution in [2.75, 3.05) is 21.3 Å². The zero-order valence-electron chi connectivity index (χ0n) is 12.6. The second-order valence-corrected chi connectivity index (χ2v) is 4.44. The quantitative estimate of drug-likeness (QED) is 0.848. The molecular weight excluding hydrogens is 268 g/mol.